The van der Waals surface area contributed by atoms with Crippen molar-refractivity contribution >= 4 is 34.5 Å². The number of aliphatic hydroxyl groups excluding tert-OH is 1. The van der Waals surface area contributed by atoms with Crippen molar-refractivity contribution in [3.63, 3.8) is 0 Å². The van der Waals surface area contributed by atoms with Crippen molar-refractivity contribution in [3.05, 3.63) is 47.1 Å². The van der Waals surface area contributed by atoms with Gasteiger partial charge in [-0.05, 0) is 37.1 Å². The van der Waals surface area contributed by atoms with E-state index in [0.717, 1.165) is 23.7 Å². The quantitative estimate of drug-likeness (QED) is 0.863. The normalized spacial score (nSPS) is 14.6. The monoisotopic (exact) mass is 316 g/mol. The molecule has 1 amide bonds. The second kappa shape index (κ2) is 6.46. The lowest BCUT2D eigenvalue weighted by Gasteiger charge is -2.19. The van der Waals surface area contributed by atoms with Crippen molar-refractivity contribution in [1.82, 2.24) is 9.88 Å². The first-order valence-corrected chi connectivity index (χ1v) is 7.71. The van der Waals surface area contributed by atoms with Crippen LogP contribution in [0.4, 0.5) is 0 Å². The summed E-state index contributed by atoms with van der Waals surface area (Å²) in [5, 5.41) is 10.7. The molecule has 2 aromatic rings. The van der Waals surface area contributed by atoms with Gasteiger partial charge in [-0.1, -0.05) is 23.7 Å². The summed E-state index contributed by atoms with van der Waals surface area (Å²) in [4.78, 5) is 18.4. The summed E-state index contributed by atoms with van der Waals surface area (Å²) in [6, 6.07) is 9.65. The molecule has 1 N–H and O–H groups in total. The van der Waals surface area contributed by atoms with Crippen molar-refractivity contribution in [3.8, 4) is 0 Å². The molecular formula is C17H17ClN2O2. The molecule has 1 aromatic carbocycles. The molecular weight excluding hydrogens is 300 g/mol. The van der Waals surface area contributed by atoms with E-state index >= 15 is 0 Å². The number of fused-ring (bicyclic) bond motifs is 1. The Morgan fingerprint density at radius 1 is 1.36 bits per heavy atom. The van der Waals surface area contributed by atoms with Gasteiger partial charge in [0.15, 0.2) is 0 Å². The average molecular weight is 317 g/mol. The lowest BCUT2D eigenvalue weighted by molar-refractivity contribution is -0.127. The smallest absolute Gasteiger partial charge is 0.246 e. The first kappa shape index (κ1) is 15.0. The van der Waals surface area contributed by atoms with Crippen molar-refractivity contribution in [1.29, 1.82) is 0 Å². The number of rotatable bonds is 5. The van der Waals surface area contributed by atoms with Crippen LogP contribution in [-0.2, 0) is 4.79 Å². The van der Waals surface area contributed by atoms with E-state index in [-0.39, 0.29) is 18.6 Å². The molecule has 0 unspecified atom stereocenters. The second-order valence-electron chi connectivity index (χ2n) is 5.39. The van der Waals surface area contributed by atoms with Crippen LogP contribution < -0.4 is 0 Å². The van der Waals surface area contributed by atoms with E-state index in [2.05, 4.69) is 4.98 Å². The predicted molar refractivity (Wildman–Crippen MR) is 87.6 cm³/mol. The van der Waals surface area contributed by atoms with Gasteiger partial charge in [0, 0.05) is 29.1 Å². The van der Waals surface area contributed by atoms with Gasteiger partial charge in [0.1, 0.15) is 0 Å². The third-order valence-electron chi connectivity index (χ3n) is 3.68. The lowest BCUT2D eigenvalue weighted by atomic mass is 10.2. The highest BCUT2D eigenvalue weighted by Gasteiger charge is 2.30. The molecule has 0 radical (unpaired) electrons. The molecule has 22 heavy (non-hydrogen) atoms. The van der Waals surface area contributed by atoms with Gasteiger partial charge in [-0.2, -0.15) is 0 Å². The zero-order valence-corrected chi connectivity index (χ0v) is 12.8. The molecule has 0 saturated heterocycles. The second-order valence-corrected chi connectivity index (χ2v) is 5.83. The molecule has 114 valence electrons. The van der Waals surface area contributed by atoms with Crippen LogP contribution in [0.1, 0.15) is 18.5 Å². The minimum Gasteiger partial charge on any atom is -0.395 e. The number of benzene rings is 1. The number of amides is 1. The van der Waals surface area contributed by atoms with Crippen LogP contribution in [0.3, 0.4) is 0 Å². The Bertz CT molecular complexity index is 726. The molecule has 1 aliphatic carbocycles. The highest BCUT2D eigenvalue weighted by atomic mass is 35.5. The van der Waals surface area contributed by atoms with Crippen LogP contribution in [0.15, 0.2) is 36.4 Å². The molecule has 1 fully saturated rings. The van der Waals surface area contributed by atoms with Gasteiger partial charge < -0.3 is 10.0 Å². The zero-order valence-electron chi connectivity index (χ0n) is 12.1. The maximum absolute atomic E-state index is 12.2. The molecule has 0 bridgehead atoms. The topological polar surface area (TPSA) is 53.4 Å². The molecule has 4 nitrogen and oxygen atoms in total. The minimum atomic E-state index is -0.0791. The number of aliphatic hydroxyl groups is 1. The van der Waals surface area contributed by atoms with Gasteiger partial charge in [0.05, 0.1) is 17.8 Å². The highest BCUT2D eigenvalue weighted by Crippen LogP contribution is 2.26. The van der Waals surface area contributed by atoms with Crippen LogP contribution in [0.2, 0.25) is 5.02 Å². The highest BCUT2D eigenvalue weighted by molar-refractivity contribution is 6.31. The van der Waals surface area contributed by atoms with Gasteiger partial charge in [0.25, 0.3) is 0 Å². The fourth-order valence-electron chi connectivity index (χ4n) is 2.42. The standard InChI is InChI=1S/C17H17ClN2O2/c18-13-3-1-12-2-4-14(19-16(12)11-13)5-8-17(22)20(9-10-21)15-6-7-15/h1-5,8,11,15,21H,6-7,9-10H2/b8-5+. The summed E-state index contributed by atoms with van der Waals surface area (Å²) in [6.45, 7) is 0.372. The molecule has 0 aliphatic heterocycles. The van der Waals surface area contributed by atoms with E-state index in [1.807, 2.05) is 24.3 Å². The third-order valence-corrected chi connectivity index (χ3v) is 3.92. The number of pyridine rings is 1. The van der Waals surface area contributed by atoms with Gasteiger partial charge in [-0.25, -0.2) is 4.98 Å². The predicted octanol–water partition coefficient (Wildman–Crippen LogP) is 2.88. The molecule has 3 rings (SSSR count). The summed E-state index contributed by atoms with van der Waals surface area (Å²) in [5.74, 6) is -0.0791. The number of hydrogen-bond donors (Lipinski definition) is 1. The Balaban J connectivity index is 1.77. The molecule has 5 heteroatoms. The summed E-state index contributed by atoms with van der Waals surface area (Å²) in [5.41, 5.74) is 1.51. The maximum Gasteiger partial charge on any atom is 0.246 e. The lowest BCUT2D eigenvalue weighted by Crippen LogP contribution is -2.34. The number of carbonyl (C=O) groups is 1. The van der Waals surface area contributed by atoms with E-state index in [4.69, 9.17) is 16.7 Å². The van der Waals surface area contributed by atoms with E-state index in [1.165, 1.54) is 6.08 Å². The molecule has 1 aliphatic rings. The van der Waals surface area contributed by atoms with Crippen LogP contribution in [0, 0.1) is 0 Å². The van der Waals surface area contributed by atoms with E-state index < -0.39 is 0 Å². The largest absolute Gasteiger partial charge is 0.395 e. The number of hydrogen-bond acceptors (Lipinski definition) is 3. The Labute approximate surface area is 134 Å². The molecule has 0 spiro atoms. The minimum absolute atomic E-state index is 0.0111. The number of nitrogens with zero attached hydrogens (tertiary/aromatic N) is 2. The number of carbonyl (C=O) groups excluding carboxylic acids is 1. The van der Waals surface area contributed by atoms with E-state index in [1.54, 1.807) is 17.0 Å². The fourth-order valence-corrected chi connectivity index (χ4v) is 2.58. The summed E-state index contributed by atoms with van der Waals surface area (Å²) < 4.78 is 0. The third kappa shape index (κ3) is 3.46. The van der Waals surface area contributed by atoms with Gasteiger partial charge >= 0.3 is 0 Å². The molecule has 1 heterocycles. The number of halogens is 1. The van der Waals surface area contributed by atoms with Gasteiger partial charge in [-0.15, -0.1) is 0 Å². The Kier molecular flexibility index (Phi) is 4.41. The van der Waals surface area contributed by atoms with Crippen molar-refractivity contribution in [2.24, 2.45) is 0 Å². The zero-order chi connectivity index (χ0) is 15.5. The molecule has 1 saturated carbocycles. The van der Waals surface area contributed by atoms with E-state index in [9.17, 15) is 4.79 Å². The van der Waals surface area contributed by atoms with Crippen molar-refractivity contribution in [2.75, 3.05) is 13.2 Å². The van der Waals surface area contributed by atoms with Crippen molar-refractivity contribution < 1.29 is 9.90 Å². The van der Waals surface area contributed by atoms with Crippen LogP contribution in [0.25, 0.3) is 17.0 Å². The fraction of sp³-hybridized carbons (Fsp3) is 0.294. The SMILES string of the molecule is O=C(/C=C/c1ccc2ccc(Cl)cc2n1)N(CCO)C1CC1. The average Bonchev–Trinajstić information content (AvgIpc) is 3.34. The Hall–Kier alpha value is -1.91. The summed E-state index contributed by atoms with van der Waals surface area (Å²) in [6.07, 6.45) is 5.26. The van der Waals surface area contributed by atoms with Crippen molar-refractivity contribution in [2.45, 2.75) is 18.9 Å². The summed E-state index contributed by atoms with van der Waals surface area (Å²) in [7, 11) is 0. The van der Waals surface area contributed by atoms with Crippen LogP contribution >= 0.6 is 11.6 Å². The van der Waals surface area contributed by atoms with Gasteiger partial charge in [0.2, 0.25) is 5.91 Å². The molecule has 0 atom stereocenters. The maximum atomic E-state index is 12.2. The van der Waals surface area contributed by atoms with Crippen LogP contribution in [0.5, 0.6) is 0 Å². The number of aromatic nitrogens is 1. The summed E-state index contributed by atoms with van der Waals surface area (Å²) >= 11 is 5.97. The van der Waals surface area contributed by atoms with E-state index in [0.29, 0.717) is 17.3 Å². The first-order valence-electron chi connectivity index (χ1n) is 7.33. The Morgan fingerprint density at radius 2 is 2.14 bits per heavy atom. The van der Waals surface area contributed by atoms with Crippen LogP contribution in [-0.4, -0.2) is 40.1 Å². The molecule has 1 aromatic heterocycles. The Morgan fingerprint density at radius 3 is 2.86 bits per heavy atom. The van der Waals surface area contributed by atoms with Gasteiger partial charge in [-0.3, -0.25) is 4.79 Å². The first-order chi connectivity index (χ1) is 10.7.